The maximum absolute atomic E-state index is 12.3. The molecule has 2 aliphatic heterocycles. The van der Waals surface area contributed by atoms with Crippen molar-refractivity contribution >= 4 is 11.6 Å². The smallest absolute Gasteiger partial charge is 0.422 e. The van der Waals surface area contributed by atoms with Gasteiger partial charge in [0.25, 0.3) is 0 Å². The third-order valence-corrected chi connectivity index (χ3v) is 6.64. The monoisotopic (exact) mass is 504 g/mol. The fourth-order valence-corrected chi connectivity index (χ4v) is 4.51. The van der Waals surface area contributed by atoms with Crippen LogP contribution in [0.5, 0.6) is 5.75 Å². The standard InChI is InChI=1S/C23H24ClF3O7/c1-12(28)21-10-33-23(34-21,20(31)18(29)19(21)30)15-4-7-17(24)14(9-15)8-13-2-5-16(6-3-13)32-11-22(25,26)27/h2-7,9,12,18-20,28-31H,8,10-11H2,1H3/t12?,18-,19-,20+,21+,23-/m0/s1. The van der Waals surface area contributed by atoms with E-state index >= 15 is 0 Å². The highest BCUT2D eigenvalue weighted by atomic mass is 35.5. The van der Waals surface area contributed by atoms with Gasteiger partial charge >= 0.3 is 6.18 Å². The summed E-state index contributed by atoms with van der Waals surface area (Å²) in [7, 11) is 0. The van der Waals surface area contributed by atoms with Crippen LogP contribution in [0, 0.1) is 0 Å². The Morgan fingerprint density at radius 2 is 1.79 bits per heavy atom. The molecule has 7 nitrogen and oxygen atoms in total. The van der Waals surface area contributed by atoms with Crippen LogP contribution in [0.25, 0.3) is 0 Å². The minimum atomic E-state index is -4.44. The van der Waals surface area contributed by atoms with Crippen LogP contribution in [0.4, 0.5) is 13.2 Å². The largest absolute Gasteiger partial charge is 0.484 e. The second kappa shape index (κ2) is 8.94. The second-order valence-corrected chi connectivity index (χ2v) is 9.01. The molecule has 6 atom stereocenters. The van der Waals surface area contributed by atoms with Crippen molar-refractivity contribution in [2.45, 2.75) is 55.3 Å². The molecule has 11 heteroatoms. The van der Waals surface area contributed by atoms with Gasteiger partial charge in [0.2, 0.25) is 5.79 Å². The average molecular weight is 505 g/mol. The van der Waals surface area contributed by atoms with Gasteiger partial charge in [0.1, 0.15) is 29.7 Å². The lowest BCUT2D eigenvalue weighted by molar-refractivity contribution is -0.336. The number of hydrogen-bond acceptors (Lipinski definition) is 7. The number of fused-ring (bicyclic) bond motifs is 2. The lowest BCUT2D eigenvalue weighted by Crippen LogP contribution is -2.67. The Morgan fingerprint density at radius 3 is 2.41 bits per heavy atom. The molecule has 4 N–H and O–H groups in total. The van der Waals surface area contributed by atoms with Crippen molar-refractivity contribution in [3.05, 3.63) is 64.2 Å². The topological polar surface area (TPSA) is 109 Å². The van der Waals surface area contributed by atoms with Crippen molar-refractivity contribution in [1.29, 1.82) is 0 Å². The van der Waals surface area contributed by atoms with Crippen molar-refractivity contribution in [2.75, 3.05) is 13.2 Å². The van der Waals surface area contributed by atoms with Crippen molar-refractivity contribution in [3.63, 3.8) is 0 Å². The molecule has 0 aliphatic carbocycles. The highest BCUT2D eigenvalue weighted by Crippen LogP contribution is 2.51. The summed E-state index contributed by atoms with van der Waals surface area (Å²) in [6.45, 7) is -0.265. The van der Waals surface area contributed by atoms with Gasteiger partial charge in [-0.3, -0.25) is 0 Å². The molecule has 2 aromatic carbocycles. The van der Waals surface area contributed by atoms with Gasteiger partial charge in [-0.1, -0.05) is 29.8 Å². The Balaban J connectivity index is 1.59. The number of alkyl halides is 3. The fourth-order valence-electron chi connectivity index (χ4n) is 4.32. The summed E-state index contributed by atoms with van der Waals surface area (Å²) < 4.78 is 53.4. The van der Waals surface area contributed by atoms with E-state index in [-0.39, 0.29) is 18.8 Å². The molecule has 2 fully saturated rings. The summed E-state index contributed by atoms with van der Waals surface area (Å²) in [6, 6.07) is 10.8. The van der Waals surface area contributed by atoms with E-state index in [2.05, 4.69) is 0 Å². The first-order valence-corrected chi connectivity index (χ1v) is 10.9. The highest BCUT2D eigenvalue weighted by molar-refractivity contribution is 6.31. The summed E-state index contributed by atoms with van der Waals surface area (Å²) in [4.78, 5) is 0. The molecular weight excluding hydrogens is 481 g/mol. The zero-order valence-electron chi connectivity index (χ0n) is 18.0. The number of ether oxygens (including phenoxy) is 3. The number of halogens is 4. The van der Waals surface area contributed by atoms with Crippen LogP contribution in [-0.4, -0.2) is 69.8 Å². The van der Waals surface area contributed by atoms with Gasteiger partial charge in [-0.2, -0.15) is 13.2 Å². The molecule has 2 saturated heterocycles. The molecule has 2 aromatic rings. The van der Waals surface area contributed by atoms with Crippen LogP contribution in [0.15, 0.2) is 42.5 Å². The Morgan fingerprint density at radius 1 is 1.12 bits per heavy atom. The first-order valence-electron chi connectivity index (χ1n) is 10.5. The molecule has 0 radical (unpaired) electrons. The fraction of sp³-hybridized carbons (Fsp3) is 0.478. The molecule has 2 heterocycles. The second-order valence-electron chi connectivity index (χ2n) is 8.60. The minimum absolute atomic E-state index is 0.0694. The summed E-state index contributed by atoms with van der Waals surface area (Å²) >= 11 is 6.36. The minimum Gasteiger partial charge on any atom is -0.484 e. The predicted octanol–water partition coefficient (Wildman–Crippen LogP) is 2.29. The molecule has 0 spiro atoms. The summed E-state index contributed by atoms with van der Waals surface area (Å²) in [5.74, 6) is -1.77. The third kappa shape index (κ3) is 4.39. The van der Waals surface area contributed by atoms with Gasteiger partial charge in [-0.05, 0) is 48.7 Å². The first kappa shape index (κ1) is 25.2. The van der Waals surface area contributed by atoms with Gasteiger partial charge in [-0.15, -0.1) is 0 Å². The van der Waals surface area contributed by atoms with E-state index in [0.717, 1.165) is 5.56 Å². The Kier molecular flexibility index (Phi) is 6.62. The number of aliphatic hydroxyl groups is 4. The van der Waals surface area contributed by atoms with Crippen molar-refractivity contribution in [3.8, 4) is 5.75 Å². The average Bonchev–Trinajstić information content (AvgIpc) is 3.18. The van der Waals surface area contributed by atoms with Crippen LogP contribution in [0.1, 0.15) is 23.6 Å². The van der Waals surface area contributed by atoms with E-state index in [1.807, 2.05) is 0 Å². The molecule has 0 aromatic heterocycles. The van der Waals surface area contributed by atoms with Gasteiger partial charge in [0, 0.05) is 10.6 Å². The van der Waals surface area contributed by atoms with Gasteiger partial charge in [0.05, 0.1) is 12.7 Å². The molecule has 4 rings (SSSR count). The Labute approximate surface area is 198 Å². The molecule has 2 bridgehead atoms. The van der Waals surface area contributed by atoms with E-state index in [1.54, 1.807) is 30.3 Å². The maximum atomic E-state index is 12.3. The van der Waals surface area contributed by atoms with E-state index < -0.39 is 48.6 Å². The molecule has 0 amide bonds. The van der Waals surface area contributed by atoms with E-state index in [9.17, 15) is 33.6 Å². The van der Waals surface area contributed by atoms with Crippen LogP contribution in [-0.2, 0) is 21.7 Å². The van der Waals surface area contributed by atoms with Gasteiger partial charge in [0.15, 0.2) is 6.61 Å². The maximum Gasteiger partial charge on any atom is 0.422 e. The SMILES string of the molecule is CC(O)[C@@]12CO[C@@](c3ccc(Cl)c(Cc4ccc(OCC(F)(F)F)cc4)c3)(O1)[C@H](O)[C@@H](O)[C@@H]2O. The number of aliphatic hydroxyl groups excluding tert-OH is 4. The van der Waals surface area contributed by atoms with Crippen molar-refractivity contribution in [1.82, 2.24) is 0 Å². The molecule has 34 heavy (non-hydrogen) atoms. The zero-order chi connectivity index (χ0) is 24.9. The van der Waals surface area contributed by atoms with Crippen LogP contribution >= 0.6 is 11.6 Å². The van der Waals surface area contributed by atoms with Gasteiger partial charge in [-0.25, -0.2) is 0 Å². The van der Waals surface area contributed by atoms with Crippen LogP contribution in [0.3, 0.4) is 0 Å². The molecule has 2 aliphatic rings. The molecule has 186 valence electrons. The summed E-state index contributed by atoms with van der Waals surface area (Å²) in [6.07, 6.45) is -10.2. The number of benzene rings is 2. The molecule has 0 saturated carbocycles. The number of rotatable bonds is 6. The number of hydrogen-bond donors (Lipinski definition) is 4. The molecule has 1 unspecified atom stereocenters. The predicted molar refractivity (Wildman–Crippen MR) is 113 cm³/mol. The van der Waals surface area contributed by atoms with Gasteiger partial charge < -0.3 is 34.6 Å². The van der Waals surface area contributed by atoms with Crippen molar-refractivity contribution in [2.24, 2.45) is 0 Å². The van der Waals surface area contributed by atoms with E-state index in [1.165, 1.54) is 19.1 Å². The van der Waals surface area contributed by atoms with E-state index in [0.29, 0.717) is 16.1 Å². The third-order valence-electron chi connectivity index (χ3n) is 6.27. The Bertz CT molecular complexity index is 1030. The lowest BCUT2D eigenvalue weighted by Gasteiger charge is -2.47. The lowest BCUT2D eigenvalue weighted by atomic mass is 9.81. The quantitative estimate of drug-likeness (QED) is 0.478. The normalized spacial score (nSPS) is 32.0. The van der Waals surface area contributed by atoms with Crippen LogP contribution in [0.2, 0.25) is 5.02 Å². The molecular formula is C23H24ClF3O7. The van der Waals surface area contributed by atoms with Crippen LogP contribution < -0.4 is 4.74 Å². The van der Waals surface area contributed by atoms with E-state index in [4.69, 9.17) is 25.8 Å². The van der Waals surface area contributed by atoms with Crippen molar-refractivity contribution < 1.29 is 47.8 Å². The summed E-state index contributed by atoms with van der Waals surface area (Å²) in [5, 5.41) is 42.3. The Hall–Kier alpha value is -1.92. The highest BCUT2D eigenvalue weighted by Gasteiger charge is 2.68. The summed E-state index contributed by atoms with van der Waals surface area (Å²) in [5.41, 5.74) is -0.00256. The zero-order valence-corrected chi connectivity index (χ0v) is 18.8. The first-order chi connectivity index (χ1) is 15.9.